The second-order valence-corrected chi connectivity index (χ2v) is 3.74. The maximum atomic E-state index is 11.9. The fourth-order valence-electron chi connectivity index (χ4n) is 1.55. The number of carbonyl (C=O) groups is 1. The van der Waals surface area contributed by atoms with E-state index in [0.29, 0.717) is 5.56 Å². The summed E-state index contributed by atoms with van der Waals surface area (Å²) in [6, 6.07) is 5.14. The molecule has 0 aliphatic heterocycles. The van der Waals surface area contributed by atoms with Crippen molar-refractivity contribution in [2.24, 2.45) is 5.73 Å². The van der Waals surface area contributed by atoms with Gasteiger partial charge in [-0.2, -0.15) is 0 Å². The van der Waals surface area contributed by atoms with Crippen LogP contribution in [-0.4, -0.2) is 25.5 Å². The highest BCUT2D eigenvalue weighted by Gasteiger charge is 2.16. The van der Waals surface area contributed by atoms with Gasteiger partial charge in [-0.1, -0.05) is 23.8 Å². The van der Waals surface area contributed by atoms with E-state index >= 15 is 0 Å². The van der Waals surface area contributed by atoms with E-state index in [1.165, 1.54) is 7.11 Å². The Kier molecular flexibility index (Phi) is 4.00. The maximum absolute atomic E-state index is 11.9. The molecule has 0 saturated carbocycles. The highest BCUT2D eigenvalue weighted by Crippen LogP contribution is 2.12. The average Bonchev–Trinajstić information content (AvgIpc) is 2.17. The molecule has 0 bridgehead atoms. The van der Waals surface area contributed by atoms with Gasteiger partial charge in [0.15, 0.2) is 5.78 Å². The number of carbonyl (C=O) groups excluding carboxylic acids is 1. The lowest BCUT2D eigenvalue weighted by atomic mass is 9.99. The molecule has 82 valence electrons. The summed E-state index contributed by atoms with van der Waals surface area (Å²) in [6.45, 7) is 4.17. The zero-order valence-electron chi connectivity index (χ0n) is 9.41. The molecule has 0 heterocycles. The van der Waals surface area contributed by atoms with E-state index in [-0.39, 0.29) is 12.4 Å². The molecule has 0 aliphatic rings. The Morgan fingerprint density at radius 2 is 2.13 bits per heavy atom. The van der Waals surface area contributed by atoms with E-state index in [9.17, 15) is 4.79 Å². The highest BCUT2D eigenvalue weighted by atomic mass is 16.5. The molecule has 0 aliphatic carbocycles. The van der Waals surface area contributed by atoms with Crippen LogP contribution in [0, 0.1) is 13.8 Å². The minimum absolute atomic E-state index is 0.0608. The van der Waals surface area contributed by atoms with Crippen molar-refractivity contribution in [3.63, 3.8) is 0 Å². The van der Waals surface area contributed by atoms with Crippen molar-refractivity contribution in [1.29, 1.82) is 0 Å². The van der Waals surface area contributed by atoms with Crippen LogP contribution in [0.2, 0.25) is 0 Å². The number of benzene rings is 1. The standard InChI is InChI=1S/C12H17NO2/c1-8-4-5-10(9(2)6-8)12(14)11(13)7-15-3/h4-6,11H,7,13H2,1-3H3. The fourth-order valence-corrected chi connectivity index (χ4v) is 1.55. The number of hydrogen-bond acceptors (Lipinski definition) is 3. The van der Waals surface area contributed by atoms with Crippen LogP contribution >= 0.6 is 0 Å². The monoisotopic (exact) mass is 207 g/mol. The van der Waals surface area contributed by atoms with Crippen LogP contribution in [0.1, 0.15) is 21.5 Å². The van der Waals surface area contributed by atoms with Crippen molar-refractivity contribution < 1.29 is 9.53 Å². The molecule has 3 nitrogen and oxygen atoms in total. The van der Waals surface area contributed by atoms with E-state index in [1.54, 1.807) is 0 Å². The number of Topliss-reactive ketones (excluding diaryl/α,β-unsaturated/α-hetero) is 1. The summed E-state index contributed by atoms with van der Waals surface area (Å²) in [4.78, 5) is 11.9. The van der Waals surface area contributed by atoms with Gasteiger partial charge in [0.2, 0.25) is 0 Å². The van der Waals surface area contributed by atoms with Crippen LogP contribution in [0.3, 0.4) is 0 Å². The number of aryl methyl sites for hydroxylation is 2. The van der Waals surface area contributed by atoms with Crippen molar-refractivity contribution in [3.8, 4) is 0 Å². The first-order valence-corrected chi connectivity index (χ1v) is 4.92. The molecule has 0 spiro atoms. The second kappa shape index (κ2) is 5.05. The van der Waals surface area contributed by atoms with E-state index in [4.69, 9.17) is 10.5 Å². The Labute approximate surface area is 90.2 Å². The van der Waals surface area contributed by atoms with Gasteiger partial charge in [0, 0.05) is 12.7 Å². The summed E-state index contributed by atoms with van der Waals surface area (Å²) in [6.07, 6.45) is 0. The summed E-state index contributed by atoms with van der Waals surface area (Å²) < 4.78 is 4.86. The van der Waals surface area contributed by atoms with Crippen LogP contribution in [0.25, 0.3) is 0 Å². The molecule has 3 heteroatoms. The third kappa shape index (κ3) is 2.88. The molecular weight excluding hydrogens is 190 g/mol. The van der Waals surface area contributed by atoms with Gasteiger partial charge >= 0.3 is 0 Å². The molecule has 1 atom stereocenters. The predicted octanol–water partition coefficient (Wildman–Crippen LogP) is 1.46. The largest absolute Gasteiger partial charge is 0.383 e. The summed E-state index contributed by atoms with van der Waals surface area (Å²) in [7, 11) is 1.54. The number of hydrogen-bond donors (Lipinski definition) is 1. The van der Waals surface area contributed by atoms with Crippen LogP contribution in [-0.2, 0) is 4.74 Å². The first-order chi connectivity index (χ1) is 7.06. The number of rotatable bonds is 4. The van der Waals surface area contributed by atoms with Gasteiger partial charge in [0.1, 0.15) is 0 Å². The first-order valence-electron chi connectivity index (χ1n) is 4.92. The zero-order valence-corrected chi connectivity index (χ0v) is 9.41. The molecule has 1 unspecified atom stereocenters. The van der Waals surface area contributed by atoms with Crippen molar-refractivity contribution in [1.82, 2.24) is 0 Å². The minimum Gasteiger partial charge on any atom is -0.383 e. The van der Waals surface area contributed by atoms with Crippen molar-refractivity contribution in [2.75, 3.05) is 13.7 Å². The molecule has 2 N–H and O–H groups in total. The maximum Gasteiger partial charge on any atom is 0.182 e. The lowest BCUT2D eigenvalue weighted by Gasteiger charge is -2.11. The van der Waals surface area contributed by atoms with Crippen LogP contribution in [0.5, 0.6) is 0 Å². The quantitative estimate of drug-likeness (QED) is 0.760. The lowest BCUT2D eigenvalue weighted by molar-refractivity contribution is 0.0892. The number of nitrogens with two attached hydrogens (primary N) is 1. The van der Waals surface area contributed by atoms with Crippen molar-refractivity contribution in [3.05, 3.63) is 34.9 Å². The minimum atomic E-state index is -0.573. The summed E-state index contributed by atoms with van der Waals surface area (Å²) in [5.41, 5.74) is 8.48. The third-order valence-electron chi connectivity index (χ3n) is 2.33. The van der Waals surface area contributed by atoms with Crippen LogP contribution in [0.4, 0.5) is 0 Å². The van der Waals surface area contributed by atoms with Gasteiger partial charge in [0.05, 0.1) is 12.6 Å². The Morgan fingerprint density at radius 3 is 2.67 bits per heavy atom. The van der Waals surface area contributed by atoms with E-state index < -0.39 is 6.04 Å². The molecule has 0 fully saturated rings. The predicted molar refractivity (Wildman–Crippen MR) is 60.1 cm³/mol. The SMILES string of the molecule is COCC(N)C(=O)c1ccc(C)cc1C. The van der Waals surface area contributed by atoms with E-state index in [0.717, 1.165) is 11.1 Å². The molecule has 0 radical (unpaired) electrons. The van der Waals surface area contributed by atoms with Crippen molar-refractivity contribution >= 4 is 5.78 Å². The molecular formula is C12H17NO2. The molecule has 15 heavy (non-hydrogen) atoms. The van der Waals surface area contributed by atoms with Gasteiger partial charge in [0.25, 0.3) is 0 Å². The van der Waals surface area contributed by atoms with Crippen LogP contribution < -0.4 is 5.73 Å². The van der Waals surface area contributed by atoms with E-state index in [1.807, 2.05) is 32.0 Å². The summed E-state index contributed by atoms with van der Waals surface area (Å²) in [5, 5.41) is 0. The normalized spacial score (nSPS) is 12.5. The molecule has 0 aromatic heterocycles. The number of methoxy groups -OCH3 is 1. The molecule has 0 saturated heterocycles. The highest BCUT2D eigenvalue weighted by molar-refractivity contribution is 6.01. The zero-order chi connectivity index (χ0) is 11.4. The number of ketones is 1. The first kappa shape index (κ1) is 11.9. The van der Waals surface area contributed by atoms with Crippen LogP contribution in [0.15, 0.2) is 18.2 Å². The molecule has 1 aromatic rings. The van der Waals surface area contributed by atoms with Crippen molar-refractivity contribution in [2.45, 2.75) is 19.9 Å². The van der Waals surface area contributed by atoms with Gasteiger partial charge in [-0.25, -0.2) is 0 Å². The average molecular weight is 207 g/mol. The summed E-state index contributed by atoms with van der Waals surface area (Å²) in [5.74, 6) is -0.0608. The lowest BCUT2D eigenvalue weighted by Crippen LogP contribution is -2.35. The van der Waals surface area contributed by atoms with Gasteiger partial charge < -0.3 is 10.5 Å². The fraction of sp³-hybridized carbons (Fsp3) is 0.417. The molecule has 0 amide bonds. The Bertz CT molecular complexity index is 361. The third-order valence-corrected chi connectivity index (χ3v) is 2.33. The van der Waals surface area contributed by atoms with Gasteiger partial charge in [-0.3, -0.25) is 4.79 Å². The van der Waals surface area contributed by atoms with Gasteiger partial charge in [-0.05, 0) is 19.4 Å². The summed E-state index contributed by atoms with van der Waals surface area (Å²) >= 11 is 0. The van der Waals surface area contributed by atoms with E-state index in [2.05, 4.69) is 0 Å². The van der Waals surface area contributed by atoms with Gasteiger partial charge in [-0.15, -0.1) is 0 Å². The Balaban J connectivity index is 2.91. The Hall–Kier alpha value is -1.19. The second-order valence-electron chi connectivity index (χ2n) is 3.74. The smallest absolute Gasteiger partial charge is 0.182 e. The number of ether oxygens (including phenoxy) is 1. The topological polar surface area (TPSA) is 52.3 Å². The molecule has 1 aromatic carbocycles. The molecule has 1 rings (SSSR count). The Morgan fingerprint density at radius 1 is 1.47 bits per heavy atom.